The second-order valence-corrected chi connectivity index (χ2v) is 3.42. The molecule has 0 heterocycles. The third-order valence-electron chi connectivity index (χ3n) is 2.21. The number of carbonyl (C=O) groups excluding carboxylic acids is 2. The van der Waals surface area contributed by atoms with Crippen molar-refractivity contribution in [3.63, 3.8) is 0 Å². The summed E-state index contributed by atoms with van der Waals surface area (Å²) in [6.45, 7) is 0. The van der Waals surface area contributed by atoms with E-state index in [1.807, 2.05) is 0 Å². The van der Waals surface area contributed by atoms with Crippen molar-refractivity contribution in [1.82, 2.24) is 0 Å². The van der Waals surface area contributed by atoms with Crippen molar-refractivity contribution in [3.05, 3.63) is 40.1 Å². The van der Waals surface area contributed by atoms with Gasteiger partial charge in [-0.15, -0.1) is 0 Å². The molecule has 0 aliphatic heterocycles. The van der Waals surface area contributed by atoms with Crippen LogP contribution in [-0.4, -0.2) is 24.0 Å². The Kier molecular flexibility index (Phi) is 4.62. The lowest BCUT2D eigenvalue weighted by atomic mass is 10.2. The Morgan fingerprint density at radius 2 is 1.90 bits per heavy atom. The first-order chi connectivity index (χ1) is 9.36. The number of nitro groups is 1. The number of nitrogens with zero attached hydrogens (tertiary/aromatic N) is 1. The maximum atomic E-state index is 10.8. The fraction of sp³-hybridized carbons (Fsp3) is 0.0909. The van der Waals surface area contributed by atoms with Gasteiger partial charge in [-0.2, -0.15) is 0 Å². The Morgan fingerprint density at radius 1 is 1.30 bits per heavy atom. The summed E-state index contributed by atoms with van der Waals surface area (Å²) >= 11 is 0. The summed E-state index contributed by atoms with van der Waals surface area (Å²) in [5.74, 6) is -3.71. The second-order valence-electron chi connectivity index (χ2n) is 3.42. The van der Waals surface area contributed by atoms with Crippen LogP contribution in [0.5, 0.6) is 5.75 Å². The van der Waals surface area contributed by atoms with E-state index in [-0.39, 0.29) is 11.4 Å². The number of carbonyl (C=O) groups is 2. The van der Waals surface area contributed by atoms with Gasteiger partial charge in [0.2, 0.25) is 0 Å². The van der Waals surface area contributed by atoms with E-state index in [1.165, 1.54) is 19.2 Å². The first kappa shape index (κ1) is 15.0. The number of nitrogens with one attached hydrogen (secondary N) is 1. The predicted octanol–water partition coefficient (Wildman–Crippen LogP) is -1.60. The van der Waals surface area contributed by atoms with Crippen molar-refractivity contribution in [2.45, 2.75) is 0 Å². The number of methoxy groups -OCH3 is 1. The van der Waals surface area contributed by atoms with Crippen molar-refractivity contribution < 1.29 is 29.5 Å². The highest BCUT2D eigenvalue weighted by atomic mass is 16.6. The molecule has 0 saturated carbocycles. The van der Waals surface area contributed by atoms with Gasteiger partial charge in [-0.05, 0) is 6.07 Å². The molecule has 0 saturated heterocycles. The molecule has 0 fully saturated rings. The summed E-state index contributed by atoms with van der Waals surface area (Å²) in [7, 11) is 1.33. The number of hydrogen-bond acceptors (Lipinski definition) is 8. The van der Waals surface area contributed by atoms with Crippen LogP contribution < -0.4 is 20.3 Å². The maximum Gasteiger partial charge on any atom is 0.292 e. The summed E-state index contributed by atoms with van der Waals surface area (Å²) < 4.78 is 4.85. The standard InChI is InChI=1S/C11H10N2O7/c1-20-6-2-3-9(13(18)19)8(4-6)12-5-7(10(14)15)11(16)17/h2-5,12H,1H3,(H,14,15)(H,16,17)/p-2. The number of rotatable bonds is 6. The topological polar surface area (TPSA) is 145 Å². The van der Waals surface area contributed by atoms with E-state index in [9.17, 15) is 29.9 Å². The van der Waals surface area contributed by atoms with Crippen molar-refractivity contribution in [2.75, 3.05) is 12.4 Å². The number of aliphatic carboxylic acids is 2. The van der Waals surface area contributed by atoms with E-state index in [0.717, 1.165) is 6.07 Å². The van der Waals surface area contributed by atoms with Crippen LogP contribution in [0.1, 0.15) is 0 Å². The highest BCUT2D eigenvalue weighted by Crippen LogP contribution is 2.28. The zero-order chi connectivity index (χ0) is 15.3. The molecule has 1 aromatic rings. The molecule has 0 unspecified atom stereocenters. The number of anilines is 1. The van der Waals surface area contributed by atoms with Gasteiger partial charge in [-0.1, -0.05) is 0 Å². The van der Waals surface area contributed by atoms with E-state index in [2.05, 4.69) is 5.32 Å². The maximum absolute atomic E-state index is 10.8. The molecule has 0 amide bonds. The number of hydrogen-bond donors (Lipinski definition) is 1. The van der Waals surface area contributed by atoms with Gasteiger partial charge < -0.3 is 29.9 Å². The summed E-state index contributed by atoms with van der Waals surface area (Å²) in [5, 5.41) is 34.0. The van der Waals surface area contributed by atoms with Crippen LogP contribution >= 0.6 is 0 Å². The molecule has 0 aliphatic rings. The summed E-state index contributed by atoms with van der Waals surface area (Å²) in [6.07, 6.45) is 0.534. The van der Waals surface area contributed by atoms with Crippen molar-refractivity contribution in [3.8, 4) is 5.75 Å². The number of benzene rings is 1. The van der Waals surface area contributed by atoms with E-state index in [1.54, 1.807) is 0 Å². The first-order valence-electron chi connectivity index (χ1n) is 5.08. The Balaban J connectivity index is 3.18. The van der Waals surface area contributed by atoms with Gasteiger partial charge in [-0.3, -0.25) is 10.1 Å². The van der Waals surface area contributed by atoms with Crippen molar-refractivity contribution in [1.29, 1.82) is 0 Å². The van der Waals surface area contributed by atoms with Crippen LogP contribution in [0.3, 0.4) is 0 Å². The summed E-state index contributed by atoms with van der Waals surface area (Å²) in [5.41, 5.74) is -1.71. The van der Waals surface area contributed by atoms with Gasteiger partial charge in [0, 0.05) is 23.9 Å². The molecule has 9 nitrogen and oxygen atoms in total. The normalized spacial score (nSPS) is 9.45. The first-order valence-corrected chi connectivity index (χ1v) is 5.08. The van der Waals surface area contributed by atoms with Crippen LogP contribution in [0.15, 0.2) is 30.0 Å². The molecule has 0 aromatic heterocycles. The van der Waals surface area contributed by atoms with Crippen LogP contribution in [-0.2, 0) is 9.59 Å². The lowest BCUT2D eigenvalue weighted by Gasteiger charge is -2.11. The predicted molar refractivity (Wildman–Crippen MR) is 61.4 cm³/mol. The molecular weight excluding hydrogens is 272 g/mol. The van der Waals surface area contributed by atoms with Gasteiger partial charge >= 0.3 is 0 Å². The highest BCUT2D eigenvalue weighted by molar-refractivity contribution is 6.10. The average molecular weight is 280 g/mol. The van der Waals surface area contributed by atoms with Gasteiger partial charge in [0.25, 0.3) is 5.69 Å². The van der Waals surface area contributed by atoms with Crippen LogP contribution in [0.25, 0.3) is 0 Å². The monoisotopic (exact) mass is 280 g/mol. The summed E-state index contributed by atoms with van der Waals surface area (Å²) in [4.78, 5) is 31.1. The molecule has 1 rings (SSSR count). The number of carboxylic acid groups (broad SMARTS) is 2. The van der Waals surface area contributed by atoms with E-state index < -0.39 is 28.1 Å². The van der Waals surface area contributed by atoms with Gasteiger partial charge in [0.1, 0.15) is 11.4 Å². The molecule has 1 aromatic carbocycles. The molecule has 1 N–H and O–H groups in total. The quantitative estimate of drug-likeness (QED) is 0.215. The largest absolute Gasteiger partial charge is 0.545 e. The van der Waals surface area contributed by atoms with Gasteiger partial charge in [-0.25, -0.2) is 0 Å². The molecule has 0 bridgehead atoms. The Morgan fingerprint density at radius 3 is 2.35 bits per heavy atom. The van der Waals surface area contributed by atoms with Crippen molar-refractivity contribution in [2.24, 2.45) is 0 Å². The molecule has 0 radical (unpaired) electrons. The molecule has 106 valence electrons. The number of nitro benzene ring substituents is 1. The SMILES string of the molecule is COc1ccc([N+](=O)[O-])c(NC=C(C(=O)[O-])C(=O)[O-])c1. The van der Waals surface area contributed by atoms with E-state index in [4.69, 9.17) is 4.74 Å². The van der Waals surface area contributed by atoms with Crippen LogP contribution in [0, 0.1) is 10.1 Å². The minimum absolute atomic E-state index is 0.144. The fourth-order valence-corrected chi connectivity index (χ4v) is 1.27. The molecule has 20 heavy (non-hydrogen) atoms. The molecule has 0 atom stereocenters. The highest BCUT2D eigenvalue weighted by Gasteiger charge is 2.14. The lowest BCUT2D eigenvalue weighted by Crippen LogP contribution is -2.36. The average Bonchev–Trinajstić information content (AvgIpc) is 2.37. The second kappa shape index (κ2) is 6.18. The third kappa shape index (κ3) is 3.45. The zero-order valence-corrected chi connectivity index (χ0v) is 10.1. The Bertz CT molecular complexity index is 578. The minimum Gasteiger partial charge on any atom is -0.545 e. The third-order valence-corrected chi connectivity index (χ3v) is 2.21. The van der Waals surface area contributed by atoms with E-state index in [0.29, 0.717) is 6.20 Å². The summed E-state index contributed by atoms with van der Waals surface area (Å²) in [6, 6.07) is 3.65. The van der Waals surface area contributed by atoms with E-state index >= 15 is 0 Å². The van der Waals surface area contributed by atoms with Gasteiger partial charge in [0.05, 0.1) is 24.0 Å². The number of carboxylic acids is 2. The van der Waals surface area contributed by atoms with Crippen LogP contribution in [0.2, 0.25) is 0 Å². The molecule has 0 aliphatic carbocycles. The van der Waals surface area contributed by atoms with Gasteiger partial charge in [0.15, 0.2) is 0 Å². The number of ether oxygens (including phenoxy) is 1. The van der Waals surface area contributed by atoms with Crippen LogP contribution in [0.4, 0.5) is 11.4 Å². The minimum atomic E-state index is -1.98. The Labute approximate surface area is 112 Å². The molecule has 9 heteroatoms. The molecule has 0 spiro atoms. The Hall–Kier alpha value is -3.10. The zero-order valence-electron chi connectivity index (χ0n) is 10.1. The smallest absolute Gasteiger partial charge is 0.292 e. The lowest BCUT2D eigenvalue weighted by molar-refractivity contribution is -0.384. The van der Waals surface area contributed by atoms with Crippen molar-refractivity contribution >= 4 is 23.3 Å². The fourth-order valence-electron chi connectivity index (χ4n) is 1.27. The molecular formula is C11H8N2O7-2.